The number of hydrogen-bond acceptors (Lipinski definition) is 3. The Bertz CT molecular complexity index is 856. The van der Waals surface area contributed by atoms with Gasteiger partial charge in [0.15, 0.2) is 0 Å². The molecular weight excluding hydrogens is 344 g/mol. The van der Waals surface area contributed by atoms with Gasteiger partial charge >= 0.3 is 0 Å². The zero-order chi connectivity index (χ0) is 19.6. The molecule has 1 aromatic heterocycles. The van der Waals surface area contributed by atoms with Crippen LogP contribution < -0.4 is 4.72 Å². The highest BCUT2D eigenvalue weighted by molar-refractivity contribution is 7.92. The normalized spacial score (nSPS) is 12.2. The summed E-state index contributed by atoms with van der Waals surface area (Å²) in [4.78, 5) is 4.59. The predicted octanol–water partition coefficient (Wildman–Crippen LogP) is 5.56. The lowest BCUT2D eigenvalue weighted by Crippen LogP contribution is -2.20. The van der Waals surface area contributed by atoms with Gasteiger partial charge in [-0.15, -0.1) is 0 Å². The van der Waals surface area contributed by atoms with Crippen LogP contribution in [-0.2, 0) is 10.0 Å². The Morgan fingerprint density at radius 1 is 0.923 bits per heavy atom. The molecule has 142 valence electrons. The van der Waals surface area contributed by atoms with E-state index in [1.165, 1.54) is 5.56 Å². The van der Waals surface area contributed by atoms with Crippen molar-refractivity contribution in [2.24, 2.45) is 0 Å². The van der Waals surface area contributed by atoms with Crippen molar-refractivity contribution in [3.63, 3.8) is 0 Å². The molecule has 1 N–H and O–H groups in total. The minimum absolute atomic E-state index is 0.0996. The highest BCUT2D eigenvalue weighted by Gasteiger charge is 2.27. The molecule has 1 heterocycles. The quantitative estimate of drug-likeness (QED) is 0.720. The Kier molecular flexibility index (Phi) is 6.12. The molecule has 26 heavy (non-hydrogen) atoms. The van der Waals surface area contributed by atoms with Crippen molar-refractivity contribution in [3.05, 3.63) is 52.7 Å². The first-order chi connectivity index (χ1) is 12.0. The van der Waals surface area contributed by atoms with E-state index in [4.69, 9.17) is 0 Å². The van der Waals surface area contributed by atoms with Gasteiger partial charge in [0.1, 0.15) is 5.82 Å². The second-order valence-corrected chi connectivity index (χ2v) is 9.39. The molecule has 2 rings (SSSR count). The minimum Gasteiger partial charge on any atom is -0.263 e. The fourth-order valence-corrected chi connectivity index (χ4v) is 4.75. The highest BCUT2D eigenvalue weighted by Crippen LogP contribution is 2.36. The van der Waals surface area contributed by atoms with E-state index in [0.29, 0.717) is 16.6 Å². The lowest BCUT2D eigenvalue weighted by molar-refractivity contribution is 0.595. The number of anilines is 1. The van der Waals surface area contributed by atoms with Crippen LogP contribution in [0.3, 0.4) is 0 Å². The van der Waals surface area contributed by atoms with Crippen LogP contribution in [0.4, 0.5) is 5.82 Å². The van der Waals surface area contributed by atoms with Gasteiger partial charge in [-0.05, 0) is 53.0 Å². The van der Waals surface area contributed by atoms with E-state index in [2.05, 4.69) is 23.6 Å². The number of rotatable bonds is 6. The molecule has 0 bridgehead atoms. The maximum Gasteiger partial charge on any atom is 0.263 e. The van der Waals surface area contributed by atoms with Crippen molar-refractivity contribution in [3.8, 4) is 0 Å². The fraction of sp³-hybridized carbons (Fsp3) is 0.476. The van der Waals surface area contributed by atoms with E-state index >= 15 is 0 Å². The second kappa shape index (κ2) is 7.78. The molecule has 5 heteroatoms. The molecule has 0 saturated carbocycles. The second-order valence-electron chi connectivity index (χ2n) is 7.77. The van der Waals surface area contributed by atoms with Crippen LogP contribution in [0, 0.1) is 6.92 Å². The average Bonchev–Trinajstić information content (AvgIpc) is 2.55. The summed E-state index contributed by atoms with van der Waals surface area (Å²) >= 11 is 0. The van der Waals surface area contributed by atoms with E-state index in [9.17, 15) is 8.42 Å². The summed E-state index contributed by atoms with van der Waals surface area (Å²) in [5, 5.41) is 0. The van der Waals surface area contributed by atoms with Crippen LogP contribution in [-0.4, -0.2) is 13.4 Å². The van der Waals surface area contributed by atoms with E-state index in [1.54, 1.807) is 12.3 Å². The Labute approximate surface area is 158 Å². The molecule has 0 aliphatic heterocycles. The van der Waals surface area contributed by atoms with Gasteiger partial charge in [-0.2, -0.15) is 0 Å². The summed E-state index contributed by atoms with van der Waals surface area (Å²) in [5.74, 6) is 0.919. The third-order valence-corrected chi connectivity index (χ3v) is 6.06. The van der Waals surface area contributed by atoms with Gasteiger partial charge in [0.2, 0.25) is 0 Å². The van der Waals surface area contributed by atoms with Crippen LogP contribution in [0.2, 0.25) is 0 Å². The topological polar surface area (TPSA) is 59.1 Å². The van der Waals surface area contributed by atoms with Crippen molar-refractivity contribution in [1.29, 1.82) is 0 Å². The molecule has 0 aliphatic rings. The van der Waals surface area contributed by atoms with Gasteiger partial charge < -0.3 is 0 Å². The van der Waals surface area contributed by atoms with Crippen molar-refractivity contribution < 1.29 is 8.42 Å². The molecule has 4 nitrogen and oxygen atoms in total. The summed E-state index contributed by atoms with van der Waals surface area (Å²) in [7, 11) is -3.74. The molecule has 0 radical (unpaired) electrons. The van der Waals surface area contributed by atoms with E-state index in [1.807, 2.05) is 52.8 Å². The van der Waals surface area contributed by atoms with Crippen LogP contribution >= 0.6 is 0 Å². The number of nitrogens with one attached hydrogen (secondary N) is 1. The lowest BCUT2D eigenvalue weighted by Gasteiger charge is -2.23. The first-order valence-corrected chi connectivity index (χ1v) is 10.6. The number of aryl methyl sites for hydroxylation is 1. The molecule has 0 saturated heterocycles. The van der Waals surface area contributed by atoms with Gasteiger partial charge in [0.05, 0.1) is 4.90 Å². The van der Waals surface area contributed by atoms with Gasteiger partial charge in [-0.1, -0.05) is 59.7 Å². The maximum absolute atomic E-state index is 13.3. The third-order valence-electron chi connectivity index (χ3n) is 4.59. The van der Waals surface area contributed by atoms with Crippen molar-refractivity contribution >= 4 is 15.8 Å². The number of hydrogen-bond donors (Lipinski definition) is 1. The van der Waals surface area contributed by atoms with Gasteiger partial charge in [0.25, 0.3) is 10.0 Å². The van der Waals surface area contributed by atoms with Crippen LogP contribution in [0.25, 0.3) is 0 Å². The zero-order valence-corrected chi connectivity index (χ0v) is 17.6. The van der Waals surface area contributed by atoms with E-state index in [-0.39, 0.29) is 11.8 Å². The summed E-state index contributed by atoms with van der Waals surface area (Å²) in [5.41, 5.74) is 3.69. The monoisotopic (exact) mass is 374 g/mol. The molecule has 0 amide bonds. The molecule has 0 aliphatic carbocycles. The zero-order valence-electron chi connectivity index (χ0n) is 16.8. The first-order valence-electron chi connectivity index (χ1n) is 9.16. The minimum atomic E-state index is -3.74. The molecule has 1 aromatic carbocycles. The Hall–Kier alpha value is -1.88. The average molecular weight is 375 g/mol. The van der Waals surface area contributed by atoms with Crippen molar-refractivity contribution in [2.45, 2.75) is 71.1 Å². The SMILES string of the molecule is Cc1cccnc1NS(=O)(=O)c1c(C(C)C)cc(C(C)C)cc1C(C)C. The predicted molar refractivity (Wildman–Crippen MR) is 108 cm³/mol. The standard InChI is InChI=1S/C21H30N2O2S/c1-13(2)17-11-18(14(3)4)20(19(12-17)15(5)6)26(24,25)23-21-16(7)9-8-10-22-21/h8-15H,1-7H3,(H,22,23). The van der Waals surface area contributed by atoms with Crippen LogP contribution in [0.1, 0.15) is 81.5 Å². The first kappa shape index (κ1) is 20.4. The van der Waals surface area contributed by atoms with Crippen LogP contribution in [0.5, 0.6) is 0 Å². The number of nitrogens with zero attached hydrogens (tertiary/aromatic N) is 1. The van der Waals surface area contributed by atoms with Crippen molar-refractivity contribution in [2.75, 3.05) is 4.72 Å². The van der Waals surface area contributed by atoms with Crippen molar-refractivity contribution in [1.82, 2.24) is 4.98 Å². The summed E-state index contributed by atoms with van der Waals surface area (Å²) in [6.45, 7) is 14.3. The van der Waals surface area contributed by atoms with E-state index < -0.39 is 10.0 Å². The largest absolute Gasteiger partial charge is 0.263 e. The number of aromatic nitrogens is 1. The Morgan fingerprint density at radius 2 is 1.46 bits per heavy atom. The molecule has 0 atom stereocenters. The smallest absolute Gasteiger partial charge is 0.263 e. The molecule has 2 aromatic rings. The summed E-state index contributed by atoms with van der Waals surface area (Å²) < 4.78 is 29.4. The molecular formula is C21H30N2O2S. The Morgan fingerprint density at radius 3 is 1.88 bits per heavy atom. The number of pyridine rings is 1. The Balaban J connectivity index is 2.71. The van der Waals surface area contributed by atoms with Crippen LogP contribution in [0.15, 0.2) is 35.4 Å². The summed E-state index contributed by atoms with van der Waals surface area (Å²) in [6.07, 6.45) is 1.60. The van der Waals surface area contributed by atoms with Gasteiger partial charge in [0, 0.05) is 6.20 Å². The fourth-order valence-electron chi connectivity index (χ4n) is 2.97. The third kappa shape index (κ3) is 4.26. The molecule has 0 fully saturated rings. The van der Waals surface area contributed by atoms with Gasteiger partial charge in [-0.25, -0.2) is 13.4 Å². The number of benzene rings is 1. The van der Waals surface area contributed by atoms with E-state index in [0.717, 1.165) is 16.7 Å². The summed E-state index contributed by atoms with van der Waals surface area (Å²) in [6, 6.07) is 7.73. The van der Waals surface area contributed by atoms with Gasteiger partial charge in [-0.3, -0.25) is 4.72 Å². The highest BCUT2D eigenvalue weighted by atomic mass is 32.2. The molecule has 0 spiro atoms. The lowest BCUT2D eigenvalue weighted by atomic mass is 9.89. The number of sulfonamides is 1. The molecule has 0 unspecified atom stereocenters. The maximum atomic E-state index is 13.3.